The maximum absolute atomic E-state index is 12.9. The van der Waals surface area contributed by atoms with Gasteiger partial charge in [0.25, 0.3) is 0 Å². The maximum Gasteiger partial charge on any atom is 0.472 e. The Morgan fingerprint density at radius 3 is 1.14 bits per heavy atom. The van der Waals surface area contributed by atoms with Crippen LogP contribution in [0, 0.1) is 0 Å². The van der Waals surface area contributed by atoms with E-state index in [1.54, 1.807) is 0 Å². The molecule has 0 heterocycles. The second-order valence-corrected chi connectivity index (χ2v) is 19.8. The van der Waals surface area contributed by atoms with Crippen LogP contribution in [0.2, 0.25) is 0 Å². The van der Waals surface area contributed by atoms with E-state index in [-0.39, 0.29) is 25.9 Å². The molecule has 0 radical (unpaired) electrons. The third-order valence-corrected chi connectivity index (χ3v) is 12.3. The fourth-order valence-corrected chi connectivity index (χ4v) is 7.87. The molecule has 0 spiro atoms. The lowest BCUT2D eigenvalue weighted by Gasteiger charge is -2.21. The van der Waals surface area contributed by atoms with Gasteiger partial charge in [0.1, 0.15) is 12.7 Å². The zero-order chi connectivity index (χ0) is 54.1. The molecule has 0 aromatic heterocycles. The second-order valence-electron chi connectivity index (χ2n) is 18.3. The highest BCUT2D eigenvalue weighted by atomic mass is 31.2. The van der Waals surface area contributed by atoms with Crippen molar-refractivity contribution < 1.29 is 52.2 Å². The predicted molar refractivity (Wildman–Crippen MR) is 306 cm³/mol. The van der Waals surface area contributed by atoms with E-state index in [2.05, 4.69) is 130 Å². The molecule has 3 atom stereocenters. The predicted octanol–water partition coefficient (Wildman–Crippen LogP) is 16.8. The Balaban J connectivity index is 4.86. The van der Waals surface area contributed by atoms with E-state index in [9.17, 15) is 28.9 Å². The summed E-state index contributed by atoms with van der Waals surface area (Å²) in [5, 5.41) is 9.80. The summed E-state index contributed by atoms with van der Waals surface area (Å²) in [6, 6.07) is 0. The van der Waals surface area contributed by atoms with Crippen LogP contribution in [-0.2, 0) is 42.2 Å². The van der Waals surface area contributed by atoms with Gasteiger partial charge in [-0.1, -0.05) is 200 Å². The molecule has 74 heavy (non-hydrogen) atoms. The lowest BCUT2D eigenvalue weighted by atomic mass is 10.1. The molecule has 12 heteroatoms. The molecule has 11 nitrogen and oxygen atoms in total. The van der Waals surface area contributed by atoms with Gasteiger partial charge >= 0.3 is 25.7 Å². The van der Waals surface area contributed by atoms with Gasteiger partial charge in [-0.3, -0.25) is 23.4 Å². The van der Waals surface area contributed by atoms with Crippen LogP contribution in [0.15, 0.2) is 122 Å². The van der Waals surface area contributed by atoms with Gasteiger partial charge in [0.2, 0.25) is 0 Å². The van der Waals surface area contributed by atoms with E-state index in [4.69, 9.17) is 23.3 Å². The van der Waals surface area contributed by atoms with Crippen LogP contribution in [0.3, 0.4) is 0 Å². The van der Waals surface area contributed by atoms with Crippen LogP contribution in [0.4, 0.5) is 0 Å². The third kappa shape index (κ3) is 52.7. The number of hydrogen-bond donors (Lipinski definition) is 2. The Morgan fingerprint density at radius 2 is 0.716 bits per heavy atom. The number of phosphoric ester groups is 1. The number of unbranched alkanes of at least 4 members (excludes halogenated alkanes) is 14. The monoisotopic (exact) mass is 1050 g/mol. The first kappa shape index (κ1) is 69.9. The molecule has 0 aliphatic rings. The number of hydrogen-bond acceptors (Lipinski definition) is 10. The standard InChI is InChI=1S/C62H101O11P/c1-4-7-10-13-16-19-22-25-27-29-31-34-36-39-42-45-48-51-60(64)69-55-59(73-62(66)53-50-47-44-41-38-35-32-30-28-26-23-20-17-14-11-8-5-2)57-71-74(67,68)70-56-58(54-63)72-61(65)52-49-46-43-40-37-33-24-21-18-15-12-9-6-3/h7-8,10-12,15-17,19-21,24-28,32,35,41,44,58-59,63H,4-6,9,13-14,18,22-23,29-31,33-34,36-40,42-43,45-57H2,1-3H3,(H,67,68)/b10-7-,11-8-,15-12-,19-16-,20-17-,24-21-,27-25-,28-26-,35-32-,44-41-. The van der Waals surface area contributed by atoms with Crippen LogP contribution in [0.25, 0.3) is 0 Å². The van der Waals surface area contributed by atoms with Crippen molar-refractivity contribution in [3.05, 3.63) is 122 Å². The van der Waals surface area contributed by atoms with Crippen molar-refractivity contribution in [2.45, 2.75) is 226 Å². The average Bonchev–Trinajstić information content (AvgIpc) is 3.39. The Hall–Kier alpha value is -4.12. The second kappa shape index (κ2) is 55.1. The lowest BCUT2D eigenvalue weighted by molar-refractivity contribution is -0.161. The van der Waals surface area contributed by atoms with Crippen LogP contribution < -0.4 is 0 Å². The number of aliphatic hydroxyl groups is 1. The molecular formula is C62H101O11P. The van der Waals surface area contributed by atoms with Gasteiger partial charge in [0.05, 0.1) is 19.8 Å². The molecule has 0 bridgehead atoms. The lowest BCUT2D eigenvalue weighted by Crippen LogP contribution is -2.30. The van der Waals surface area contributed by atoms with Gasteiger partial charge in [0, 0.05) is 19.3 Å². The van der Waals surface area contributed by atoms with Crippen LogP contribution in [0.1, 0.15) is 213 Å². The Kier molecular flexibility index (Phi) is 52.1. The number of aliphatic hydroxyl groups excluding tert-OH is 1. The van der Waals surface area contributed by atoms with Crippen LogP contribution >= 0.6 is 7.82 Å². The number of phosphoric acid groups is 1. The van der Waals surface area contributed by atoms with E-state index >= 15 is 0 Å². The van der Waals surface area contributed by atoms with E-state index < -0.39 is 57.8 Å². The number of esters is 3. The zero-order valence-corrected chi connectivity index (χ0v) is 47.2. The van der Waals surface area contributed by atoms with E-state index in [0.29, 0.717) is 25.7 Å². The van der Waals surface area contributed by atoms with Crippen LogP contribution in [0.5, 0.6) is 0 Å². The first-order chi connectivity index (χ1) is 36.2. The molecule has 0 aromatic carbocycles. The van der Waals surface area contributed by atoms with Crippen molar-refractivity contribution in [1.29, 1.82) is 0 Å². The van der Waals surface area contributed by atoms with Crippen molar-refractivity contribution in [2.75, 3.05) is 26.4 Å². The summed E-state index contributed by atoms with van der Waals surface area (Å²) >= 11 is 0. The minimum absolute atomic E-state index is 0.0798. The van der Waals surface area contributed by atoms with Crippen LogP contribution in [-0.4, -0.2) is 66.5 Å². The van der Waals surface area contributed by atoms with Gasteiger partial charge in [-0.05, 0) is 116 Å². The summed E-state index contributed by atoms with van der Waals surface area (Å²) in [5.41, 5.74) is 0. The van der Waals surface area contributed by atoms with E-state index in [0.717, 1.165) is 135 Å². The number of ether oxygens (including phenoxy) is 3. The molecule has 0 saturated heterocycles. The third-order valence-electron chi connectivity index (χ3n) is 11.3. The minimum atomic E-state index is -4.78. The number of allylic oxidation sites excluding steroid dienone is 20. The topological polar surface area (TPSA) is 155 Å². The van der Waals surface area contributed by atoms with Crippen molar-refractivity contribution in [2.24, 2.45) is 0 Å². The van der Waals surface area contributed by atoms with Crippen molar-refractivity contribution in [3.63, 3.8) is 0 Å². The Labute approximate surface area is 449 Å². The minimum Gasteiger partial charge on any atom is -0.462 e. The highest BCUT2D eigenvalue weighted by Crippen LogP contribution is 2.43. The molecule has 2 N–H and O–H groups in total. The quantitative estimate of drug-likeness (QED) is 0.0197. The Bertz CT molecular complexity index is 1700. The van der Waals surface area contributed by atoms with Crippen molar-refractivity contribution in [3.8, 4) is 0 Å². The first-order valence-electron chi connectivity index (χ1n) is 28.4. The summed E-state index contributed by atoms with van der Waals surface area (Å²) in [6.07, 6.45) is 67.4. The molecule has 0 aliphatic carbocycles. The van der Waals surface area contributed by atoms with Gasteiger partial charge in [0.15, 0.2) is 6.10 Å². The highest BCUT2D eigenvalue weighted by molar-refractivity contribution is 7.47. The zero-order valence-electron chi connectivity index (χ0n) is 46.3. The number of carbonyl (C=O) groups is 3. The van der Waals surface area contributed by atoms with Gasteiger partial charge in [-0.15, -0.1) is 0 Å². The molecule has 3 unspecified atom stereocenters. The van der Waals surface area contributed by atoms with E-state index in [1.807, 2.05) is 12.2 Å². The molecule has 0 aliphatic heterocycles. The van der Waals surface area contributed by atoms with Crippen molar-refractivity contribution in [1.82, 2.24) is 0 Å². The summed E-state index contributed by atoms with van der Waals surface area (Å²) < 4.78 is 39.4. The normalized spacial score (nSPS) is 14.3. The molecule has 0 rings (SSSR count). The van der Waals surface area contributed by atoms with Gasteiger partial charge in [-0.25, -0.2) is 4.57 Å². The van der Waals surface area contributed by atoms with Gasteiger partial charge in [-0.2, -0.15) is 0 Å². The van der Waals surface area contributed by atoms with Crippen molar-refractivity contribution >= 4 is 25.7 Å². The maximum atomic E-state index is 12.9. The molecule has 0 aromatic rings. The smallest absolute Gasteiger partial charge is 0.462 e. The fourth-order valence-electron chi connectivity index (χ4n) is 7.09. The molecule has 0 amide bonds. The molecule has 420 valence electrons. The molecular weight excluding hydrogens is 952 g/mol. The summed E-state index contributed by atoms with van der Waals surface area (Å²) in [5.74, 6) is -1.57. The van der Waals surface area contributed by atoms with Gasteiger partial charge < -0.3 is 24.2 Å². The highest BCUT2D eigenvalue weighted by Gasteiger charge is 2.28. The summed E-state index contributed by atoms with van der Waals surface area (Å²) in [4.78, 5) is 48.5. The number of carbonyl (C=O) groups excluding carboxylic acids is 3. The Morgan fingerprint density at radius 1 is 0.392 bits per heavy atom. The number of rotatable bonds is 51. The average molecular weight is 1050 g/mol. The largest absolute Gasteiger partial charge is 0.472 e. The molecule has 0 fully saturated rings. The summed E-state index contributed by atoms with van der Waals surface area (Å²) in [7, 11) is -4.78. The first-order valence-corrected chi connectivity index (χ1v) is 29.9. The fraction of sp³-hybridized carbons (Fsp3) is 0.629. The summed E-state index contributed by atoms with van der Waals surface area (Å²) in [6.45, 7) is 4.25. The SMILES string of the molecule is CC/C=C\C/C=C\C/C=C\C/C=C\C/C=C\CCCC(=O)OC(COC(=O)CCCCCCCCC/C=C\C/C=C\C/C=C\CC)COP(=O)(O)OCC(CO)OC(=O)CCCCCCC/C=C\C/C=C\CCC. The van der Waals surface area contributed by atoms with E-state index in [1.165, 1.54) is 12.8 Å². The molecule has 0 saturated carbocycles.